The standard InChI is InChI=1S/C19H24N4O2/c1-15-12-17(13-18(20-2)21-15)22-8-10-23(11-9-22)19(24)25-14-16-6-4-3-5-7-16/h3-7,12-13H,8-11,14H2,1-2H3,(H,20,21). The number of hydrogen-bond acceptors (Lipinski definition) is 5. The zero-order valence-corrected chi connectivity index (χ0v) is 14.7. The number of hydrogen-bond donors (Lipinski definition) is 1. The maximum absolute atomic E-state index is 12.2. The van der Waals surface area contributed by atoms with Crippen LogP contribution in [0.1, 0.15) is 11.3 Å². The second kappa shape index (κ2) is 7.88. The van der Waals surface area contributed by atoms with E-state index in [0.717, 1.165) is 35.9 Å². The highest BCUT2D eigenvalue weighted by Crippen LogP contribution is 2.21. The smallest absolute Gasteiger partial charge is 0.410 e. The predicted octanol–water partition coefficient (Wildman–Crippen LogP) is 2.89. The molecule has 1 aromatic carbocycles. The molecule has 2 aromatic rings. The van der Waals surface area contributed by atoms with Crippen LogP contribution in [-0.4, -0.2) is 49.2 Å². The van der Waals surface area contributed by atoms with E-state index in [-0.39, 0.29) is 6.09 Å². The molecule has 132 valence electrons. The lowest BCUT2D eigenvalue weighted by atomic mass is 10.2. The largest absolute Gasteiger partial charge is 0.445 e. The van der Waals surface area contributed by atoms with E-state index < -0.39 is 0 Å². The molecule has 0 bridgehead atoms. The molecule has 1 aliphatic rings. The van der Waals surface area contributed by atoms with Crippen LogP contribution in [0.15, 0.2) is 42.5 Å². The average molecular weight is 340 g/mol. The number of nitrogens with zero attached hydrogens (tertiary/aromatic N) is 3. The minimum Gasteiger partial charge on any atom is -0.445 e. The molecule has 1 aliphatic heterocycles. The maximum atomic E-state index is 12.2. The monoisotopic (exact) mass is 340 g/mol. The van der Waals surface area contributed by atoms with Crippen molar-refractivity contribution in [2.75, 3.05) is 43.4 Å². The number of piperazine rings is 1. The number of carbonyl (C=O) groups excluding carboxylic acids is 1. The van der Waals surface area contributed by atoms with Gasteiger partial charge in [0.15, 0.2) is 0 Å². The van der Waals surface area contributed by atoms with E-state index >= 15 is 0 Å². The minimum absolute atomic E-state index is 0.245. The summed E-state index contributed by atoms with van der Waals surface area (Å²) >= 11 is 0. The highest BCUT2D eigenvalue weighted by molar-refractivity contribution is 5.68. The third-order valence-electron chi connectivity index (χ3n) is 4.30. The van der Waals surface area contributed by atoms with Gasteiger partial charge in [0, 0.05) is 50.7 Å². The molecule has 0 spiro atoms. The first-order valence-electron chi connectivity index (χ1n) is 8.53. The molecule has 0 unspecified atom stereocenters. The predicted molar refractivity (Wildman–Crippen MR) is 98.9 cm³/mol. The second-order valence-electron chi connectivity index (χ2n) is 6.12. The Labute approximate surface area is 148 Å². The number of pyridine rings is 1. The summed E-state index contributed by atoms with van der Waals surface area (Å²) in [6.45, 7) is 5.18. The van der Waals surface area contributed by atoms with Gasteiger partial charge >= 0.3 is 6.09 Å². The van der Waals surface area contributed by atoms with Gasteiger partial charge in [-0.05, 0) is 18.6 Å². The molecule has 0 atom stereocenters. The van der Waals surface area contributed by atoms with Gasteiger partial charge < -0.3 is 19.9 Å². The van der Waals surface area contributed by atoms with E-state index in [9.17, 15) is 4.79 Å². The summed E-state index contributed by atoms with van der Waals surface area (Å²) in [5.74, 6) is 0.861. The third-order valence-corrected chi connectivity index (χ3v) is 4.30. The molecule has 6 heteroatoms. The van der Waals surface area contributed by atoms with Crippen molar-refractivity contribution in [2.24, 2.45) is 0 Å². The first-order chi connectivity index (χ1) is 12.2. The molecule has 3 rings (SSSR count). The van der Waals surface area contributed by atoms with E-state index in [1.165, 1.54) is 0 Å². The number of anilines is 2. The molecular weight excluding hydrogens is 316 g/mol. The van der Waals surface area contributed by atoms with Crippen LogP contribution < -0.4 is 10.2 Å². The molecule has 1 saturated heterocycles. The second-order valence-corrected chi connectivity index (χ2v) is 6.12. The lowest BCUT2D eigenvalue weighted by molar-refractivity contribution is 0.0942. The number of amides is 1. The summed E-state index contributed by atoms with van der Waals surface area (Å²) in [7, 11) is 1.87. The zero-order valence-electron chi connectivity index (χ0n) is 14.7. The quantitative estimate of drug-likeness (QED) is 0.927. The van der Waals surface area contributed by atoms with Crippen molar-refractivity contribution in [3.05, 3.63) is 53.7 Å². The van der Waals surface area contributed by atoms with Crippen molar-refractivity contribution in [3.63, 3.8) is 0 Å². The van der Waals surface area contributed by atoms with Crippen molar-refractivity contribution >= 4 is 17.6 Å². The summed E-state index contributed by atoms with van der Waals surface area (Å²) in [6, 6.07) is 13.9. The highest BCUT2D eigenvalue weighted by Gasteiger charge is 2.22. The van der Waals surface area contributed by atoms with Gasteiger partial charge in [-0.15, -0.1) is 0 Å². The fourth-order valence-electron chi connectivity index (χ4n) is 2.92. The zero-order chi connectivity index (χ0) is 17.6. The average Bonchev–Trinajstić information content (AvgIpc) is 2.66. The summed E-state index contributed by atoms with van der Waals surface area (Å²) in [5.41, 5.74) is 3.11. The van der Waals surface area contributed by atoms with E-state index in [2.05, 4.69) is 21.3 Å². The van der Waals surface area contributed by atoms with Crippen LogP contribution in [0.5, 0.6) is 0 Å². The number of aryl methyl sites for hydroxylation is 1. The van der Waals surface area contributed by atoms with Crippen molar-refractivity contribution in [1.29, 1.82) is 0 Å². The van der Waals surface area contributed by atoms with Gasteiger partial charge in [-0.25, -0.2) is 9.78 Å². The maximum Gasteiger partial charge on any atom is 0.410 e. The van der Waals surface area contributed by atoms with Gasteiger partial charge in [0.1, 0.15) is 12.4 Å². The lowest BCUT2D eigenvalue weighted by Crippen LogP contribution is -2.49. The van der Waals surface area contributed by atoms with Crippen molar-refractivity contribution in [3.8, 4) is 0 Å². The Morgan fingerprint density at radius 2 is 1.88 bits per heavy atom. The van der Waals surface area contributed by atoms with E-state index in [1.807, 2.05) is 50.4 Å². The Balaban J connectivity index is 1.53. The Bertz CT molecular complexity index is 713. The van der Waals surface area contributed by atoms with Crippen LogP contribution in [0, 0.1) is 6.92 Å². The first-order valence-corrected chi connectivity index (χ1v) is 8.53. The molecule has 0 radical (unpaired) electrons. The van der Waals surface area contributed by atoms with Gasteiger partial charge in [-0.2, -0.15) is 0 Å². The normalized spacial score (nSPS) is 14.3. The van der Waals surface area contributed by atoms with Crippen molar-refractivity contribution in [2.45, 2.75) is 13.5 Å². The van der Waals surface area contributed by atoms with Gasteiger partial charge in [0.2, 0.25) is 0 Å². The van der Waals surface area contributed by atoms with Gasteiger partial charge in [-0.3, -0.25) is 0 Å². The number of aromatic nitrogens is 1. The van der Waals surface area contributed by atoms with E-state index in [0.29, 0.717) is 19.7 Å². The van der Waals surface area contributed by atoms with Crippen LogP contribution in [0.4, 0.5) is 16.3 Å². The third kappa shape index (κ3) is 4.41. The van der Waals surface area contributed by atoms with Crippen molar-refractivity contribution in [1.82, 2.24) is 9.88 Å². The summed E-state index contributed by atoms with van der Waals surface area (Å²) in [5, 5.41) is 3.08. The number of benzene rings is 1. The van der Waals surface area contributed by atoms with E-state index in [1.54, 1.807) is 4.90 Å². The highest BCUT2D eigenvalue weighted by atomic mass is 16.6. The Morgan fingerprint density at radius 3 is 2.56 bits per heavy atom. The number of nitrogens with one attached hydrogen (secondary N) is 1. The Kier molecular flexibility index (Phi) is 5.38. The Hall–Kier alpha value is -2.76. The lowest BCUT2D eigenvalue weighted by Gasteiger charge is -2.35. The van der Waals surface area contributed by atoms with Crippen molar-refractivity contribution < 1.29 is 9.53 Å². The van der Waals surface area contributed by atoms with Crippen LogP contribution in [0.25, 0.3) is 0 Å². The molecule has 1 fully saturated rings. The van der Waals surface area contributed by atoms with E-state index in [4.69, 9.17) is 4.74 Å². The fraction of sp³-hybridized carbons (Fsp3) is 0.368. The molecule has 1 N–H and O–H groups in total. The molecule has 0 aliphatic carbocycles. The van der Waals surface area contributed by atoms with Gasteiger partial charge in [0.25, 0.3) is 0 Å². The molecule has 25 heavy (non-hydrogen) atoms. The minimum atomic E-state index is -0.245. The molecule has 6 nitrogen and oxygen atoms in total. The molecule has 1 aromatic heterocycles. The molecular formula is C19H24N4O2. The van der Waals surface area contributed by atoms with Crippen LogP contribution in [0.3, 0.4) is 0 Å². The number of rotatable bonds is 4. The topological polar surface area (TPSA) is 57.7 Å². The summed E-state index contributed by atoms with van der Waals surface area (Å²) in [6.07, 6.45) is -0.245. The SMILES string of the molecule is CNc1cc(N2CCN(C(=O)OCc3ccccc3)CC2)cc(C)n1. The summed E-state index contributed by atoms with van der Waals surface area (Å²) in [4.78, 5) is 20.7. The van der Waals surface area contributed by atoms with Crippen LogP contribution in [0.2, 0.25) is 0 Å². The molecule has 0 saturated carbocycles. The fourth-order valence-corrected chi connectivity index (χ4v) is 2.92. The number of ether oxygens (including phenoxy) is 1. The molecule has 2 heterocycles. The molecule has 1 amide bonds. The van der Waals surface area contributed by atoms with Crippen LogP contribution >= 0.6 is 0 Å². The van der Waals surface area contributed by atoms with Crippen LogP contribution in [-0.2, 0) is 11.3 Å². The Morgan fingerprint density at radius 1 is 1.16 bits per heavy atom. The first kappa shape index (κ1) is 17.1. The van der Waals surface area contributed by atoms with Gasteiger partial charge in [0.05, 0.1) is 0 Å². The summed E-state index contributed by atoms with van der Waals surface area (Å²) < 4.78 is 5.41. The number of carbonyl (C=O) groups is 1. The van der Waals surface area contributed by atoms with Gasteiger partial charge in [-0.1, -0.05) is 30.3 Å².